The summed E-state index contributed by atoms with van der Waals surface area (Å²) in [5.41, 5.74) is 4.72. The van der Waals surface area contributed by atoms with Crippen molar-refractivity contribution < 1.29 is 4.79 Å². The molecule has 0 heterocycles. The number of aryl methyl sites for hydroxylation is 2. The summed E-state index contributed by atoms with van der Waals surface area (Å²) in [4.78, 5) is 12.8. The first-order valence-electron chi connectivity index (χ1n) is 9.96. The van der Waals surface area contributed by atoms with Crippen LogP contribution in [0.4, 0.5) is 10.5 Å². The van der Waals surface area contributed by atoms with Gasteiger partial charge >= 0.3 is 6.03 Å². The Hall–Kier alpha value is -2.29. The molecular formula is C23H30N2O. The molecular weight excluding hydrogens is 320 g/mol. The van der Waals surface area contributed by atoms with Gasteiger partial charge in [-0.3, -0.25) is 0 Å². The van der Waals surface area contributed by atoms with E-state index in [4.69, 9.17) is 0 Å². The SMILES string of the molecule is CCc1cccc(CC)c1NC(=O)NC1CCCCC1c1ccccc1. The van der Waals surface area contributed by atoms with Crippen molar-refractivity contribution in [3.05, 3.63) is 65.2 Å². The second-order valence-electron chi connectivity index (χ2n) is 7.16. The summed E-state index contributed by atoms with van der Waals surface area (Å²) in [7, 11) is 0. The Morgan fingerprint density at radius 3 is 2.23 bits per heavy atom. The highest BCUT2D eigenvalue weighted by Crippen LogP contribution is 2.33. The lowest BCUT2D eigenvalue weighted by Gasteiger charge is -2.32. The number of benzene rings is 2. The van der Waals surface area contributed by atoms with Crippen LogP contribution < -0.4 is 10.6 Å². The summed E-state index contributed by atoms with van der Waals surface area (Å²) in [5, 5.41) is 6.42. The van der Waals surface area contributed by atoms with Crippen LogP contribution in [-0.4, -0.2) is 12.1 Å². The van der Waals surface area contributed by atoms with Crippen molar-refractivity contribution in [2.24, 2.45) is 0 Å². The van der Waals surface area contributed by atoms with E-state index < -0.39 is 0 Å². The number of anilines is 1. The van der Waals surface area contributed by atoms with Gasteiger partial charge in [0.2, 0.25) is 0 Å². The molecule has 2 unspecified atom stereocenters. The van der Waals surface area contributed by atoms with Crippen LogP contribution in [0.3, 0.4) is 0 Å². The first-order valence-corrected chi connectivity index (χ1v) is 9.96. The second-order valence-corrected chi connectivity index (χ2v) is 7.16. The van der Waals surface area contributed by atoms with E-state index in [-0.39, 0.29) is 12.1 Å². The highest BCUT2D eigenvalue weighted by molar-refractivity contribution is 5.91. The van der Waals surface area contributed by atoms with Gasteiger partial charge < -0.3 is 10.6 Å². The summed E-state index contributed by atoms with van der Waals surface area (Å²) < 4.78 is 0. The van der Waals surface area contributed by atoms with Gasteiger partial charge in [-0.1, -0.05) is 75.2 Å². The van der Waals surface area contributed by atoms with Crippen molar-refractivity contribution >= 4 is 11.7 Å². The molecule has 0 saturated heterocycles. The second kappa shape index (κ2) is 8.88. The molecule has 2 amide bonds. The molecule has 26 heavy (non-hydrogen) atoms. The Labute approximate surface area is 157 Å². The zero-order chi connectivity index (χ0) is 18.4. The normalized spacial score (nSPS) is 19.8. The minimum Gasteiger partial charge on any atom is -0.335 e. The fraction of sp³-hybridized carbons (Fsp3) is 0.435. The summed E-state index contributed by atoms with van der Waals surface area (Å²) >= 11 is 0. The van der Waals surface area contributed by atoms with Crippen molar-refractivity contribution in [3.63, 3.8) is 0 Å². The molecule has 138 valence electrons. The highest BCUT2D eigenvalue weighted by atomic mass is 16.2. The number of rotatable bonds is 5. The first kappa shape index (κ1) is 18.5. The molecule has 3 nitrogen and oxygen atoms in total. The number of nitrogens with one attached hydrogen (secondary N) is 2. The number of urea groups is 1. The van der Waals surface area contributed by atoms with Crippen molar-refractivity contribution in [2.75, 3.05) is 5.32 Å². The monoisotopic (exact) mass is 350 g/mol. The van der Waals surface area contributed by atoms with Crippen LogP contribution in [0.25, 0.3) is 0 Å². The van der Waals surface area contributed by atoms with Crippen LogP contribution in [0.1, 0.15) is 62.1 Å². The Morgan fingerprint density at radius 2 is 1.58 bits per heavy atom. The number of carbonyl (C=O) groups is 1. The smallest absolute Gasteiger partial charge is 0.319 e. The van der Waals surface area contributed by atoms with E-state index in [1.54, 1.807) is 0 Å². The van der Waals surface area contributed by atoms with Gasteiger partial charge in [0.05, 0.1) is 0 Å². The number of para-hydroxylation sites is 1. The number of hydrogen-bond acceptors (Lipinski definition) is 1. The molecule has 2 atom stereocenters. The van der Waals surface area contributed by atoms with E-state index in [2.05, 4.69) is 73.0 Å². The van der Waals surface area contributed by atoms with Gasteiger partial charge in [0.15, 0.2) is 0 Å². The van der Waals surface area contributed by atoms with Gasteiger partial charge in [0, 0.05) is 17.6 Å². The molecule has 0 radical (unpaired) electrons. The van der Waals surface area contributed by atoms with Gasteiger partial charge in [0.25, 0.3) is 0 Å². The Balaban J connectivity index is 1.73. The summed E-state index contributed by atoms with van der Waals surface area (Å²) in [5.74, 6) is 0.405. The maximum atomic E-state index is 12.8. The predicted molar refractivity (Wildman–Crippen MR) is 109 cm³/mol. The fourth-order valence-corrected chi connectivity index (χ4v) is 4.12. The lowest BCUT2D eigenvalue weighted by atomic mass is 9.80. The molecule has 1 saturated carbocycles. The molecule has 0 aromatic heterocycles. The molecule has 0 aliphatic heterocycles. The van der Waals surface area contributed by atoms with E-state index in [9.17, 15) is 4.79 Å². The Kier molecular flexibility index (Phi) is 6.32. The molecule has 1 aliphatic carbocycles. The van der Waals surface area contributed by atoms with Crippen molar-refractivity contribution in [3.8, 4) is 0 Å². The minimum absolute atomic E-state index is 0.0755. The van der Waals surface area contributed by atoms with Gasteiger partial charge in [-0.25, -0.2) is 4.79 Å². The minimum atomic E-state index is -0.0755. The fourth-order valence-electron chi connectivity index (χ4n) is 4.12. The maximum absolute atomic E-state index is 12.8. The Bertz CT molecular complexity index is 704. The largest absolute Gasteiger partial charge is 0.335 e. The van der Waals surface area contributed by atoms with Gasteiger partial charge in [0.1, 0.15) is 0 Å². The maximum Gasteiger partial charge on any atom is 0.319 e. The Morgan fingerprint density at radius 1 is 0.923 bits per heavy atom. The van der Waals surface area contributed by atoms with Crippen molar-refractivity contribution in [1.29, 1.82) is 0 Å². The summed E-state index contributed by atoms with van der Waals surface area (Å²) in [6.07, 6.45) is 6.43. The van der Waals surface area contributed by atoms with Gasteiger partial charge in [-0.05, 0) is 42.4 Å². The average Bonchev–Trinajstić information content (AvgIpc) is 2.69. The zero-order valence-electron chi connectivity index (χ0n) is 15.9. The quantitative estimate of drug-likeness (QED) is 0.718. The van der Waals surface area contributed by atoms with E-state index in [1.165, 1.54) is 29.5 Å². The molecule has 1 aliphatic rings. The molecule has 2 aromatic rings. The standard InChI is InChI=1S/C23H30N2O/c1-3-17-13-10-14-18(4-2)22(17)25-23(26)24-21-16-9-8-15-20(21)19-11-6-5-7-12-19/h5-7,10-14,20-21H,3-4,8-9,15-16H2,1-2H3,(H2,24,25,26). The van der Waals surface area contributed by atoms with E-state index in [0.29, 0.717) is 5.92 Å². The van der Waals surface area contributed by atoms with Gasteiger partial charge in [-0.2, -0.15) is 0 Å². The molecule has 2 aromatic carbocycles. The molecule has 3 rings (SSSR count). The van der Waals surface area contributed by atoms with Crippen LogP contribution in [0, 0.1) is 0 Å². The number of hydrogen-bond donors (Lipinski definition) is 2. The number of amides is 2. The molecule has 0 spiro atoms. The summed E-state index contributed by atoms with van der Waals surface area (Å²) in [6.45, 7) is 4.26. The van der Waals surface area contributed by atoms with Crippen molar-refractivity contribution in [2.45, 2.75) is 64.3 Å². The molecule has 2 N–H and O–H groups in total. The van der Waals surface area contributed by atoms with Crippen LogP contribution in [0.5, 0.6) is 0 Å². The van der Waals surface area contributed by atoms with Crippen LogP contribution in [-0.2, 0) is 12.8 Å². The first-order chi connectivity index (χ1) is 12.7. The lowest BCUT2D eigenvalue weighted by Crippen LogP contribution is -2.43. The molecule has 1 fully saturated rings. The third-order valence-electron chi connectivity index (χ3n) is 5.55. The van der Waals surface area contributed by atoms with Gasteiger partial charge in [-0.15, -0.1) is 0 Å². The van der Waals surface area contributed by atoms with E-state index >= 15 is 0 Å². The number of carbonyl (C=O) groups excluding carboxylic acids is 1. The predicted octanol–water partition coefficient (Wildman–Crippen LogP) is 5.66. The topological polar surface area (TPSA) is 41.1 Å². The van der Waals surface area contributed by atoms with E-state index in [0.717, 1.165) is 31.4 Å². The lowest BCUT2D eigenvalue weighted by molar-refractivity contribution is 0.240. The third kappa shape index (κ3) is 4.27. The third-order valence-corrected chi connectivity index (χ3v) is 5.55. The highest BCUT2D eigenvalue weighted by Gasteiger charge is 2.27. The van der Waals surface area contributed by atoms with Crippen LogP contribution in [0.2, 0.25) is 0 Å². The molecule has 3 heteroatoms. The zero-order valence-corrected chi connectivity index (χ0v) is 15.9. The van der Waals surface area contributed by atoms with Crippen LogP contribution >= 0.6 is 0 Å². The van der Waals surface area contributed by atoms with E-state index in [1.807, 2.05) is 0 Å². The van der Waals surface area contributed by atoms with Crippen LogP contribution in [0.15, 0.2) is 48.5 Å². The molecule has 0 bridgehead atoms. The summed E-state index contributed by atoms with van der Waals surface area (Å²) in [6, 6.07) is 17.0. The average molecular weight is 351 g/mol. The van der Waals surface area contributed by atoms with Crippen molar-refractivity contribution in [1.82, 2.24) is 5.32 Å².